The summed E-state index contributed by atoms with van der Waals surface area (Å²) in [4.78, 5) is 10.9. The summed E-state index contributed by atoms with van der Waals surface area (Å²) in [6.45, 7) is 1.51. The summed E-state index contributed by atoms with van der Waals surface area (Å²) < 4.78 is 10.4. The Morgan fingerprint density at radius 2 is 1.67 bits per heavy atom. The summed E-state index contributed by atoms with van der Waals surface area (Å²) in [6.07, 6.45) is 0. The Hall–Kier alpha value is -1.82. The molecule has 0 spiro atoms. The van der Waals surface area contributed by atoms with Crippen LogP contribution in [-0.4, -0.2) is 36.1 Å². The molecule has 0 aliphatic carbocycles. The van der Waals surface area contributed by atoms with Crippen molar-refractivity contribution in [3.05, 3.63) is 42.0 Å². The molecular weight excluding hydrogens is 334 g/mol. The van der Waals surface area contributed by atoms with E-state index in [-0.39, 0.29) is 0 Å². The van der Waals surface area contributed by atoms with Gasteiger partial charge in [0.15, 0.2) is 0 Å². The summed E-state index contributed by atoms with van der Waals surface area (Å²) in [5.41, 5.74) is 1.20. The van der Waals surface area contributed by atoms with E-state index in [1.807, 2.05) is 18.2 Å². The van der Waals surface area contributed by atoms with Crippen LogP contribution in [0.3, 0.4) is 0 Å². The molecule has 21 heavy (non-hydrogen) atoms. The quantitative estimate of drug-likeness (QED) is 0.717. The van der Waals surface area contributed by atoms with Gasteiger partial charge >= 0.3 is 0 Å². The number of methoxy groups -OCH3 is 2. The Kier molecular flexibility index (Phi) is 5.80. The number of hydrogen-bond donors (Lipinski definition) is 0. The fourth-order valence-electron chi connectivity index (χ4n) is 1.90. The van der Waals surface area contributed by atoms with Crippen LogP contribution in [0.5, 0.6) is 11.8 Å². The lowest BCUT2D eigenvalue weighted by Crippen LogP contribution is -2.27. The zero-order valence-electron chi connectivity index (χ0n) is 12.1. The highest BCUT2D eigenvalue weighted by molar-refractivity contribution is 9.09. The Labute approximate surface area is 133 Å². The second-order valence-electron chi connectivity index (χ2n) is 4.35. The van der Waals surface area contributed by atoms with Crippen LogP contribution in [0.15, 0.2) is 36.4 Å². The van der Waals surface area contributed by atoms with Gasteiger partial charge in [0.1, 0.15) is 0 Å². The van der Waals surface area contributed by atoms with Crippen molar-refractivity contribution in [3.63, 3.8) is 0 Å². The van der Waals surface area contributed by atoms with Gasteiger partial charge in [0, 0.05) is 18.4 Å². The van der Waals surface area contributed by atoms with Crippen molar-refractivity contribution < 1.29 is 9.47 Å². The van der Waals surface area contributed by atoms with Gasteiger partial charge in [0.25, 0.3) is 0 Å². The van der Waals surface area contributed by atoms with Gasteiger partial charge in [0.2, 0.25) is 17.7 Å². The van der Waals surface area contributed by atoms with E-state index in [4.69, 9.17) is 9.47 Å². The molecule has 5 nitrogen and oxygen atoms in total. The molecule has 0 fully saturated rings. The largest absolute Gasteiger partial charge is 0.481 e. The SMILES string of the molecule is COc1cc(OC)nc(N(CCBr)Cc2ccccc2)n1. The van der Waals surface area contributed by atoms with Gasteiger partial charge in [0.05, 0.1) is 20.3 Å². The third-order valence-corrected chi connectivity index (χ3v) is 3.29. The lowest BCUT2D eigenvalue weighted by molar-refractivity contribution is 0.371. The summed E-state index contributed by atoms with van der Waals surface area (Å²) in [6, 6.07) is 11.9. The number of halogens is 1. The molecule has 1 aromatic heterocycles. The second kappa shape index (κ2) is 7.83. The zero-order valence-corrected chi connectivity index (χ0v) is 13.7. The molecule has 6 heteroatoms. The highest BCUT2D eigenvalue weighted by atomic mass is 79.9. The molecule has 0 atom stereocenters. The molecule has 0 radical (unpaired) electrons. The van der Waals surface area contributed by atoms with Crippen molar-refractivity contribution in [2.75, 3.05) is 31.0 Å². The van der Waals surface area contributed by atoms with E-state index in [2.05, 4.69) is 42.9 Å². The molecule has 0 aliphatic rings. The van der Waals surface area contributed by atoms with E-state index >= 15 is 0 Å². The summed E-state index contributed by atoms with van der Waals surface area (Å²) in [7, 11) is 3.16. The Morgan fingerprint density at radius 3 is 2.19 bits per heavy atom. The highest BCUT2D eigenvalue weighted by Crippen LogP contribution is 2.21. The van der Waals surface area contributed by atoms with Gasteiger partial charge in [-0.25, -0.2) is 0 Å². The lowest BCUT2D eigenvalue weighted by Gasteiger charge is -2.22. The summed E-state index contributed by atoms with van der Waals surface area (Å²) >= 11 is 3.47. The van der Waals surface area contributed by atoms with Crippen molar-refractivity contribution in [3.8, 4) is 11.8 Å². The highest BCUT2D eigenvalue weighted by Gasteiger charge is 2.13. The second-order valence-corrected chi connectivity index (χ2v) is 5.14. The fraction of sp³-hybridized carbons (Fsp3) is 0.333. The minimum absolute atomic E-state index is 0.490. The molecule has 0 aliphatic heterocycles. The van der Waals surface area contributed by atoms with Crippen LogP contribution < -0.4 is 14.4 Å². The third-order valence-electron chi connectivity index (χ3n) is 2.94. The Morgan fingerprint density at radius 1 is 1.05 bits per heavy atom. The van der Waals surface area contributed by atoms with Crippen LogP contribution in [0, 0.1) is 0 Å². The molecule has 1 aromatic carbocycles. The van der Waals surface area contributed by atoms with Crippen LogP contribution in [0.4, 0.5) is 5.95 Å². The zero-order chi connectivity index (χ0) is 15.1. The molecular formula is C15H18BrN3O2. The maximum Gasteiger partial charge on any atom is 0.232 e. The lowest BCUT2D eigenvalue weighted by atomic mass is 10.2. The van der Waals surface area contributed by atoms with Crippen LogP contribution in [-0.2, 0) is 6.54 Å². The number of rotatable bonds is 7. The van der Waals surface area contributed by atoms with Gasteiger partial charge < -0.3 is 14.4 Å². The van der Waals surface area contributed by atoms with E-state index in [1.54, 1.807) is 20.3 Å². The van der Waals surface area contributed by atoms with Gasteiger partial charge in [-0.1, -0.05) is 46.3 Å². The summed E-state index contributed by atoms with van der Waals surface area (Å²) in [5.74, 6) is 1.57. The number of hydrogen-bond acceptors (Lipinski definition) is 5. The molecule has 0 amide bonds. The maximum atomic E-state index is 5.21. The molecule has 1 heterocycles. The molecule has 112 valence electrons. The molecule has 0 saturated carbocycles. The topological polar surface area (TPSA) is 47.5 Å². The average molecular weight is 352 g/mol. The number of nitrogens with zero attached hydrogens (tertiary/aromatic N) is 3. The molecule has 0 unspecified atom stereocenters. The van der Waals surface area contributed by atoms with Crippen molar-refractivity contribution in [1.82, 2.24) is 9.97 Å². The fourth-order valence-corrected chi connectivity index (χ4v) is 2.33. The number of alkyl halides is 1. The number of benzene rings is 1. The normalized spacial score (nSPS) is 10.2. The smallest absolute Gasteiger partial charge is 0.232 e. The standard InChI is InChI=1S/C15H18BrN3O2/c1-20-13-10-14(21-2)18-15(17-13)19(9-8-16)11-12-6-4-3-5-7-12/h3-7,10H,8-9,11H2,1-2H3. The predicted octanol–water partition coefficient (Wildman–Crippen LogP) is 2.90. The van der Waals surface area contributed by atoms with Crippen molar-refractivity contribution in [2.24, 2.45) is 0 Å². The van der Waals surface area contributed by atoms with E-state index in [0.717, 1.165) is 18.4 Å². The minimum Gasteiger partial charge on any atom is -0.481 e. The predicted molar refractivity (Wildman–Crippen MR) is 86.4 cm³/mol. The van der Waals surface area contributed by atoms with E-state index < -0.39 is 0 Å². The molecule has 2 rings (SSSR count). The molecule has 0 bridgehead atoms. The van der Waals surface area contributed by atoms with E-state index in [0.29, 0.717) is 17.7 Å². The van der Waals surface area contributed by atoms with E-state index in [1.165, 1.54) is 5.56 Å². The third kappa shape index (κ3) is 4.32. The first-order valence-corrected chi connectivity index (χ1v) is 7.71. The van der Waals surface area contributed by atoms with Gasteiger partial charge in [-0.2, -0.15) is 9.97 Å². The van der Waals surface area contributed by atoms with Crippen molar-refractivity contribution in [1.29, 1.82) is 0 Å². The first-order valence-electron chi connectivity index (χ1n) is 6.58. The minimum atomic E-state index is 0.490. The van der Waals surface area contributed by atoms with Crippen molar-refractivity contribution in [2.45, 2.75) is 6.54 Å². The maximum absolute atomic E-state index is 5.21. The van der Waals surface area contributed by atoms with Crippen LogP contribution >= 0.6 is 15.9 Å². The Bertz CT molecular complexity index is 544. The summed E-state index contributed by atoms with van der Waals surface area (Å²) in [5, 5.41) is 0.822. The van der Waals surface area contributed by atoms with Gasteiger partial charge in [-0.05, 0) is 5.56 Å². The van der Waals surface area contributed by atoms with Crippen LogP contribution in [0.25, 0.3) is 0 Å². The van der Waals surface area contributed by atoms with E-state index in [9.17, 15) is 0 Å². The molecule has 0 saturated heterocycles. The van der Waals surface area contributed by atoms with Crippen LogP contribution in [0.1, 0.15) is 5.56 Å². The van der Waals surface area contributed by atoms with Crippen LogP contribution in [0.2, 0.25) is 0 Å². The average Bonchev–Trinajstić information content (AvgIpc) is 2.55. The molecule has 2 aromatic rings. The van der Waals surface area contributed by atoms with Crippen molar-refractivity contribution >= 4 is 21.9 Å². The molecule has 0 N–H and O–H groups in total. The first-order chi connectivity index (χ1) is 10.3. The Balaban J connectivity index is 2.28. The number of aromatic nitrogens is 2. The first kappa shape index (κ1) is 15.6. The monoisotopic (exact) mass is 351 g/mol. The number of anilines is 1. The number of ether oxygens (including phenoxy) is 2. The van der Waals surface area contributed by atoms with Gasteiger partial charge in [-0.3, -0.25) is 0 Å². The van der Waals surface area contributed by atoms with Gasteiger partial charge in [-0.15, -0.1) is 0 Å².